The van der Waals surface area contributed by atoms with E-state index in [1.165, 1.54) is 16.7 Å². The highest BCUT2D eigenvalue weighted by Crippen LogP contribution is 2.41. The fourth-order valence-corrected chi connectivity index (χ4v) is 2.99. The number of nitrogens with one attached hydrogen (secondary N) is 1. The van der Waals surface area contributed by atoms with Crippen LogP contribution in [0.25, 0.3) is 0 Å². The lowest BCUT2D eigenvalue weighted by molar-refractivity contribution is 0.573. The third-order valence-corrected chi connectivity index (χ3v) is 3.86. The van der Waals surface area contributed by atoms with E-state index in [9.17, 15) is 0 Å². The van der Waals surface area contributed by atoms with Crippen molar-refractivity contribution in [2.24, 2.45) is 0 Å². The Morgan fingerprint density at radius 2 is 1.61 bits per heavy atom. The van der Waals surface area contributed by atoms with Crippen molar-refractivity contribution in [3.8, 4) is 0 Å². The smallest absolute Gasteiger partial charge is 0.178 e. The highest BCUT2D eigenvalue weighted by molar-refractivity contribution is 6.04. The third-order valence-electron chi connectivity index (χ3n) is 3.86. The molecule has 18 heavy (non-hydrogen) atoms. The minimum atomic E-state index is 0.301. The maximum absolute atomic E-state index is 5.65. The average molecular weight is 233 g/mol. The second-order valence-electron chi connectivity index (χ2n) is 4.97. The van der Waals surface area contributed by atoms with Crippen molar-refractivity contribution in [3.63, 3.8) is 0 Å². The number of fused-ring (bicyclic) bond motifs is 1. The summed E-state index contributed by atoms with van der Waals surface area (Å²) in [5.41, 5.74) is 4.21. The molecule has 0 aromatic heterocycles. The van der Waals surface area contributed by atoms with Crippen LogP contribution in [0.4, 0.5) is 0 Å². The molecule has 1 nitrogen and oxygen atoms in total. The Balaban J connectivity index is 1.87. The zero-order valence-corrected chi connectivity index (χ0v) is 10.3. The van der Waals surface area contributed by atoms with Gasteiger partial charge in [0.05, 0.1) is 0 Å². The average Bonchev–Trinajstić information content (AvgIpc) is 2.78. The van der Waals surface area contributed by atoms with Gasteiger partial charge in [-0.15, -0.1) is 0 Å². The summed E-state index contributed by atoms with van der Waals surface area (Å²) in [4.78, 5) is 0. The number of hydrogen-bond donors (Lipinski definition) is 1. The molecule has 0 aliphatic heterocycles. The molecular weight excluding hydrogens is 217 g/mol. The molecule has 0 saturated heterocycles. The van der Waals surface area contributed by atoms with Gasteiger partial charge in [-0.05, 0) is 35.4 Å². The third kappa shape index (κ3) is 2.09. The van der Waals surface area contributed by atoms with Crippen molar-refractivity contribution in [3.05, 3.63) is 71.3 Å². The molecule has 0 amide bonds. The minimum Gasteiger partial charge on any atom is -0.360 e. The van der Waals surface area contributed by atoms with Crippen LogP contribution >= 0.6 is 0 Å². The van der Waals surface area contributed by atoms with Gasteiger partial charge in [0.2, 0.25) is 0 Å². The molecule has 1 aliphatic rings. The summed E-state index contributed by atoms with van der Waals surface area (Å²) in [5, 5.41) is 2.94. The van der Waals surface area contributed by atoms with Crippen molar-refractivity contribution < 1.29 is 0 Å². The summed E-state index contributed by atoms with van der Waals surface area (Å²) in [6.07, 6.45) is 2.18. The molecule has 0 unspecified atom stereocenters. The maximum atomic E-state index is 5.65. The summed E-state index contributed by atoms with van der Waals surface area (Å²) in [5.74, 6) is 0.574. The first-order valence-corrected chi connectivity index (χ1v) is 6.47. The first-order valence-electron chi connectivity index (χ1n) is 6.47. The van der Waals surface area contributed by atoms with Crippen molar-refractivity contribution >= 4 is 7.98 Å². The minimum absolute atomic E-state index is 0.301. The molecule has 0 heterocycles. The van der Waals surface area contributed by atoms with Gasteiger partial charge in [-0.25, -0.2) is 0 Å². The van der Waals surface area contributed by atoms with E-state index in [4.69, 9.17) is 7.98 Å². The molecule has 3 rings (SSSR count). The topological polar surface area (TPSA) is 12.0 Å². The van der Waals surface area contributed by atoms with Gasteiger partial charge >= 0.3 is 0 Å². The van der Waals surface area contributed by atoms with Gasteiger partial charge in [0.1, 0.15) is 0 Å². The van der Waals surface area contributed by atoms with Crippen LogP contribution in [0, 0.1) is 0 Å². The van der Waals surface area contributed by atoms with Gasteiger partial charge in [-0.3, -0.25) is 0 Å². The quantitative estimate of drug-likeness (QED) is 0.803. The van der Waals surface area contributed by atoms with Crippen molar-refractivity contribution in [1.82, 2.24) is 5.23 Å². The van der Waals surface area contributed by atoms with E-state index in [1.54, 1.807) is 0 Å². The lowest BCUT2D eigenvalue weighted by Gasteiger charge is -2.12. The normalized spacial score (nSPS) is 21.8. The molecule has 1 N–H and O–H groups in total. The van der Waals surface area contributed by atoms with E-state index < -0.39 is 0 Å². The molecule has 0 saturated carbocycles. The molecule has 2 aromatic carbocycles. The van der Waals surface area contributed by atoms with E-state index in [0.717, 1.165) is 12.8 Å². The molecule has 0 fully saturated rings. The fraction of sp³-hybridized carbons (Fsp3) is 0.250. The summed E-state index contributed by atoms with van der Waals surface area (Å²) < 4.78 is 0. The van der Waals surface area contributed by atoms with E-state index in [-0.39, 0.29) is 0 Å². The first kappa shape index (κ1) is 11.5. The lowest BCUT2D eigenvalue weighted by Crippen LogP contribution is -2.15. The zero-order chi connectivity index (χ0) is 12.4. The number of hydrogen-bond acceptors (Lipinski definition) is 1. The number of benzene rings is 2. The second kappa shape index (κ2) is 4.99. The van der Waals surface area contributed by atoms with Gasteiger partial charge in [0.25, 0.3) is 0 Å². The van der Waals surface area contributed by atoms with Gasteiger partial charge in [0, 0.05) is 6.04 Å². The van der Waals surface area contributed by atoms with Gasteiger partial charge in [-0.2, -0.15) is 0 Å². The molecule has 2 heteroatoms. The lowest BCUT2D eigenvalue weighted by atomic mass is 9.94. The van der Waals surface area contributed by atoms with Crippen molar-refractivity contribution in [2.45, 2.75) is 24.8 Å². The monoisotopic (exact) mass is 233 g/mol. The summed E-state index contributed by atoms with van der Waals surface area (Å²) >= 11 is 0. The first-order chi connectivity index (χ1) is 8.88. The largest absolute Gasteiger partial charge is 0.360 e. The van der Waals surface area contributed by atoms with Crippen LogP contribution in [0.1, 0.15) is 35.1 Å². The van der Waals surface area contributed by atoms with Crippen molar-refractivity contribution in [1.29, 1.82) is 0 Å². The van der Waals surface area contributed by atoms with E-state index >= 15 is 0 Å². The SMILES string of the molecule is [B]N[C@@H]1C[C@@H](Cc2ccccc2)c2ccccc21. The van der Waals surface area contributed by atoms with Crippen LogP contribution in [0.2, 0.25) is 0 Å². The Labute approximate surface area is 110 Å². The molecule has 0 spiro atoms. The molecule has 2 aromatic rings. The molecule has 88 valence electrons. The van der Waals surface area contributed by atoms with Crippen LogP contribution in [0.15, 0.2) is 54.6 Å². The van der Waals surface area contributed by atoms with E-state index in [2.05, 4.69) is 59.8 Å². The summed E-state index contributed by atoms with van der Waals surface area (Å²) in [7, 11) is 5.65. The van der Waals surface area contributed by atoms with E-state index in [0.29, 0.717) is 12.0 Å². The molecule has 1 aliphatic carbocycles. The van der Waals surface area contributed by atoms with Crippen LogP contribution in [-0.4, -0.2) is 7.98 Å². The van der Waals surface area contributed by atoms with Gasteiger partial charge in [-0.1, -0.05) is 54.6 Å². The van der Waals surface area contributed by atoms with Crippen LogP contribution in [0.5, 0.6) is 0 Å². The van der Waals surface area contributed by atoms with Crippen LogP contribution < -0.4 is 5.23 Å². The predicted octanol–water partition coefficient (Wildman–Crippen LogP) is 3.13. The van der Waals surface area contributed by atoms with Gasteiger partial charge in [0.15, 0.2) is 7.98 Å². The Kier molecular flexibility index (Phi) is 3.20. The van der Waals surface area contributed by atoms with Crippen LogP contribution in [0.3, 0.4) is 0 Å². The fourth-order valence-electron chi connectivity index (χ4n) is 2.99. The molecule has 0 bridgehead atoms. The second-order valence-corrected chi connectivity index (χ2v) is 4.97. The highest BCUT2D eigenvalue weighted by atomic mass is 14.8. The standard InChI is InChI=1S/C16H16BN/c17-18-16-11-13(10-12-6-2-1-3-7-12)14-8-4-5-9-15(14)16/h1-9,13,16,18H,10-11H2/t13-,16-/m1/s1. The Morgan fingerprint density at radius 1 is 0.944 bits per heavy atom. The highest BCUT2D eigenvalue weighted by Gasteiger charge is 2.29. The van der Waals surface area contributed by atoms with Gasteiger partial charge < -0.3 is 5.23 Å². The number of rotatable bonds is 3. The molecule has 2 atom stereocenters. The summed E-state index contributed by atoms with van der Waals surface area (Å²) in [6.45, 7) is 0. The Hall–Kier alpha value is -1.54. The Morgan fingerprint density at radius 3 is 2.33 bits per heavy atom. The Bertz CT molecular complexity index is 524. The molecular formula is C16H16BN. The predicted molar refractivity (Wildman–Crippen MR) is 75.6 cm³/mol. The maximum Gasteiger partial charge on any atom is 0.178 e. The zero-order valence-electron chi connectivity index (χ0n) is 10.3. The summed E-state index contributed by atoms with van der Waals surface area (Å²) in [6, 6.07) is 19.6. The van der Waals surface area contributed by atoms with Crippen molar-refractivity contribution in [2.75, 3.05) is 0 Å². The molecule has 2 radical (unpaired) electrons. The van der Waals surface area contributed by atoms with Crippen LogP contribution in [-0.2, 0) is 6.42 Å². The van der Waals surface area contributed by atoms with E-state index in [1.807, 2.05) is 0 Å².